The lowest BCUT2D eigenvalue weighted by Gasteiger charge is -2.09. The van der Waals surface area contributed by atoms with Gasteiger partial charge in [0.05, 0.1) is 22.6 Å². The first kappa shape index (κ1) is 21.0. The summed E-state index contributed by atoms with van der Waals surface area (Å²) in [6.45, 7) is -0.425. The second-order valence-electron chi connectivity index (χ2n) is 6.11. The fourth-order valence-corrected chi connectivity index (χ4v) is 3.34. The number of fused-ring (bicyclic) bond motifs is 1. The zero-order valence-corrected chi connectivity index (χ0v) is 17.5. The monoisotopic (exact) mass is 474 g/mol. The van der Waals surface area contributed by atoms with E-state index in [0.29, 0.717) is 16.2 Å². The summed E-state index contributed by atoms with van der Waals surface area (Å²) in [6.07, 6.45) is 1.41. The van der Waals surface area contributed by atoms with E-state index in [9.17, 15) is 14.4 Å². The third-order valence-electron chi connectivity index (χ3n) is 4.09. The van der Waals surface area contributed by atoms with Crippen molar-refractivity contribution in [2.75, 3.05) is 11.9 Å². The molecule has 0 fully saturated rings. The Morgan fingerprint density at radius 3 is 2.62 bits per heavy atom. The predicted octanol–water partition coefficient (Wildman–Crippen LogP) is 4.80. The topological polar surface area (TPSA) is 85.4 Å². The highest BCUT2D eigenvalue weighted by Gasteiger charge is 2.15. The molecule has 1 heterocycles. The van der Waals surface area contributed by atoms with Crippen LogP contribution < -0.4 is 5.32 Å². The lowest BCUT2D eigenvalue weighted by Crippen LogP contribution is -2.17. The van der Waals surface area contributed by atoms with Gasteiger partial charge >= 0.3 is 5.97 Å². The summed E-state index contributed by atoms with van der Waals surface area (Å²) in [5.74, 6) is -1.39. The minimum Gasteiger partial charge on any atom is -0.457 e. The maximum absolute atomic E-state index is 12.2. The number of hydrogen-bond donors (Lipinski definition) is 1. The predicted molar refractivity (Wildman–Crippen MR) is 114 cm³/mol. The van der Waals surface area contributed by atoms with Crippen LogP contribution in [0.5, 0.6) is 0 Å². The second kappa shape index (κ2) is 9.62. The highest BCUT2D eigenvalue weighted by molar-refractivity contribution is 9.10. The van der Waals surface area contributed by atoms with Crippen molar-refractivity contribution < 1.29 is 19.1 Å². The van der Waals surface area contributed by atoms with E-state index in [2.05, 4.69) is 26.2 Å². The summed E-state index contributed by atoms with van der Waals surface area (Å²) in [5, 5.41) is 3.91. The molecule has 148 valence electrons. The van der Waals surface area contributed by atoms with Gasteiger partial charge in [-0.3, -0.25) is 19.4 Å². The number of Topliss-reactive ketones (excluding diaryl/α,β-unsaturated/α-hetero) is 1. The zero-order valence-electron chi connectivity index (χ0n) is 15.2. The van der Waals surface area contributed by atoms with Crippen LogP contribution in [0.3, 0.4) is 0 Å². The molecule has 2 aromatic carbocycles. The summed E-state index contributed by atoms with van der Waals surface area (Å²) in [7, 11) is 0. The van der Waals surface area contributed by atoms with E-state index in [0.717, 1.165) is 9.86 Å². The first-order valence-corrected chi connectivity index (χ1v) is 9.89. The number of halogens is 2. The van der Waals surface area contributed by atoms with Crippen molar-refractivity contribution in [3.05, 3.63) is 69.8 Å². The summed E-state index contributed by atoms with van der Waals surface area (Å²) in [5.41, 5.74) is 1.48. The van der Waals surface area contributed by atoms with Crippen LogP contribution in [0.15, 0.2) is 59.2 Å². The van der Waals surface area contributed by atoms with Crippen molar-refractivity contribution >= 4 is 61.8 Å². The Hall–Kier alpha value is -2.77. The zero-order chi connectivity index (χ0) is 20.8. The molecule has 0 aliphatic heterocycles. The molecule has 8 heteroatoms. The van der Waals surface area contributed by atoms with E-state index in [-0.39, 0.29) is 24.3 Å². The normalized spacial score (nSPS) is 10.6. The fourth-order valence-electron chi connectivity index (χ4n) is 2.65. The number of pyridine rings is 1. The molecule has 6 nitrogen and oxygen atoms in total. The molecule has 0 aliphatic carbocycles. The summed E-state index contributed by atoms with van der Waals surface area (Å²) in [6, 6.07) is 13.8. The van der Waals surface area contributed by atoms with Gasteiger partial charge in [-0.05, 0) is 30.3 Å². The average molecular weight is 476 g/mol. The molecular formula is C21H16BrClN2O4. The van der Waals surface area contributed by atoms with Crippen molar-refractivity contribution in [1.29, 1.82) is 0 Å². The Morgan fingerprint density at radius 2 is 1.83 bits per heavy atom. The van der Waals surface area contributed by atoms with Gasteiger partial charge in [-0.2, -0.15) is 0 Å². The number of aromatic nitrogens is 1. The van der Waals surface area contributed by atoms with Crippen LogP contribution >= 0.6 is 27.5 Å². The first-order valence-electron chi connectivity index (χ1n) is 8.72. The molecule has 3 rings (SSSR count). The number of carbonyl (C=O) groups is 3. The number of ether oxygens (including phenoxy) is 1. The number of rotatable bonds is 7. The van der Waals surface area contributed by atoms with E-state index < -0.39 is 18.4 Å². The molecule has 0 saturated heterocycles. The lowest BCUT2D eigenvalue weighted by molar-refractivity contribution is -0.143. The standard InChI is InChI=1S/C21H16BrClN2O4/c22-15-7-8-17(21-13(15)5-3-11-24-21)25-19(27)9-10-20(28)29-12-18(26)14-4-1-2-6-16(14)23/h1-8,11H,9-10,12H2,(H,25,27). The van der Waals surface area contributed by atoms with Crippen LogP contribution in [-0.4, -0.2) is 29.3 Å². The SMILES string of the molecule is O=C(CCC(=O)OCC(=O)c1ccccc1Cl)Nc1ccc(Br)c2cccnc12. The largest absolute Gasteiger partial charge is 0.457 e. The van der Waals surface area contributed by atoms with Gasteiger partial charge in [0, 0.05) is 28.0 Å². The second-order valence-corrected chi connectivity index (χ2v) is 7.37. The van der Waals surface area contributed by atoms with Crippen molar-refractivity contribution in [2.24, 2.45) is 0 Å². The molecule has 3 aromatic rings. The van der Waals surface area contributed by atoms with Gasteiger partial charge in [-0.15, -0.1) is 0 Å². The van der Waals surface area contributed by atoms with Gasteiger partial charge in [-0.1, -0.05) is 45.7 Å². The van der Waals surface area contributed by atoms with Crippen molar-refractivity contribution in [2.45, 2.75) is 12.8 Å². The fraction of sp³-hybridized carbons (Fsp3) is 0.143. The third kappa shape index (κ3) is 5.40. The number of nitrogens with one attached hydrogen (secondary N) is 1. The van der Waals surface area contributed by atoms with Gasteiger partial charge < -0.3 is 10.1 Å². The maximum Gasteiger partial charge on any atom is 0.306 e. The average Bonchev–Trinajstić information content (AvgIpc) is 2.73. The minimum absolute atomic E-state index is 0.0799. The van der Waals surface area contributed by atoms with Crippen LogP contribution in [0.4, 0.5) is 5.69 Å². The Balaban J connectivity index is 1.51. The number of carbonyl (C=O) groups excluding carboxylic acids is 3. The van der Waals surface area contributed by atoms with Crippen molar-refractivity contribution in [3.63, 3.8) is 0 Å². The number of ketones is 1. The Kier molecular flexibility index (Phi) is 6.95. The van der Waals surface area contributed by atoms with E-state index in [1.807, 2.05) is 12.1 Å². The smallest absolute Gasteiger partial charge is 0.306 e. The van der Waals surface area contributed by atoms with E-state index in [1.165, 1.54) is 0 Å². The molecule has 1 N–H and O–H groups in total. The number of amides is 1. The molecule has 0 spiro atoms. The van der Waals surface area contributed by atoms with Crippen LogP contribution in [0.2, 0.25) is 5.02 Å². The molecule has 29 heavy (non-hydrogen) atoms. The van der Waals surface area contributed by atoms with Gasteiger partial charge in [0.2, 0.25) is 11.7 Å². The molecular weight excluding hydrogens is 460 g/mol. The van der Waals surface area contributed by atoms with Crippen LogP contribution in [0.1, 0.15) is 23.2 Å². The molecule has 0 saturated carbocycles. The molecule has 1 aromatic heterocycles. The van der Waals surface area contributed by atoms with E-state index in [1.54, 1.807) is 42.6 Å². The Bertz CT molecular complexity index is 1090. The summed E-state index contributed by atoms with van der Waals surface area (Å²) < 4.78 is 5.82. The third-order valence-corrected chi connectivity index (χ3v) is 5.11. The van der Waals surface area contributed by atoms with Gasteiger partial charge in [-0.25, -0.2) is 0 Å². The van der Waals surface area contributed by atoms with Gasteiger partial charge in [0.15, 0.2) is 6.61 Å². The Morgan fingerprint density at radius 1 is 1.03 bits per heavy atom. The summed E-state index contributed by atoms with van der Waals surface area (Å²) >= 11 is 9.39. The highest BCUT2D eigenvalue weighted by Crippen LogP contribution is 2.28. The number of anilines is 1. The molecule has 1 amide bonds. The van der Waals surface area contributed by atoms with Gasteiger partial charge in [0.25, 0.3) is 0 Å². The molecule has 0 radical (unpaired) electrons. The van der Waals surface area contributed by atoms with E-state index in [4.69, 9.17) is 16.3 Å². The molecule has 0 aliphatic rings. The minimum atomic E-state index is -0.639. The quantitative estimate of drug-likeness (QED) is 0.392. The van der Waals surface area contributed by atoms with Crippen molar-refractivity contribution in [1.82, 2.24) is 4.98 Å². The highest BCUT2D eigenvalue weighted by atomic mass is 79.9. The number of esters is 1. The maximum atomic E-state index is 12.2. The van der Waals surface area contributed by atoms with Crippen LogP contribution in [0, 0.1) is 0 Å². The number of nitrogens with zero attached hydrogens (tertiary/aromatic N) is 1. The van der Waals surface area contributed by atoms with Crippen LogP contribution in [0.25, 0.3) is 10.9 Å². The van der Waals surface area contributed by atoms with Crippen LogP contribution in [-0.2, 0) is 14.3 Å². The number of benzene rings is 2. The van der Waals surface area contributed by atoms with Gasteiger partial charge in [0.1, 0.15) is 0 Å². The Labute approximate surface area is 180 Å². The van der Waals surface area contributed by atoms with Crippen molar-refractivity contribution in [3.8, 4) is 0 Å². The van der Waals surface area contributed by atoms with E-state index >= 15 is 0 Å². The first-order chi connectivity index (χ1) is 14.0. The molecule has 0 bridgehead atoms. The molecule has 0 atom stereocenters. The molecule has 0 unspecified atom stereocenters. The summed E-state index contributed by atoms with van der Waals surface area (Å²) in [4.78, 5) is 40.4. The lowest BCUT2D eigenvalue weighted by atomic mass is 10.1. The number of hydrogen-bond acceptors (Lipinski definition) is 5.